The maximum Gasteiger partial charge on any atom is 0.294 e. The molecule has 0 fully saturated rings. The Kier molecular flexibility index (Phi) is 3.85. The summed E-state index contributed by atoms with van der Waals surface area (Å²) in [6.45, 7) is 0. The lowest BCUT2D eigenvalue weighted by atomic mass is 10.0. The molecule has 8 nitrogen and oxygen atoms in total. The number of benzene rings is 1. The van der Waals surface area contributed by atoms with Crippen LogP contribution >= 0.6 is 11.3 Å². The van der Waals surface area contributed by atoms with Gasteiger partial charge in [0.2, 0.25) is 5.78 Å². The lowest BCUT2D eigenvalue weighted by molar-refractivity contribution is -0.138. The summed E-state index contributed by atoms with van der Waals surface area (Å²) >= 11 is 1.16. The third-order valence-corrected chi connectivity index (χ3v) is 3.79. The van der Waals surface area contributed by atoms with Crippen molar-refractivity contribution in [2.45, 2.75) is 0 Å². The van der Waals surface area contributed by atoms with Crippen molar-refractivity contribution in [3.05, 3.63) is 41.9 Å². The number of aromatic nitrogens is 1. The molecule has 3 N–H and O–H groups in total. The number of nitrogens with one attached hydrogen (secondary N) is 1. The summed E-state index contributed by atoms with van der Waals surface area (Å²) in [5.41, 5.74) is 6.15. The largest absolute Gasteiger partial charge is 0.385 e. The number of thiazole rings is 1. The molecule has 3 rings (SSSR count). The number of hydrogen-bond acceptors (Lipinski definition) is 7. The van der Waals surface area contributed by atoms with E-state index in [0.717, 1.165) is 16.3 Å². The second-order valence-corrected chi connectivity index (χ2v) is 5.49. The van der Waals surface area contributed by atoms with Crippen molar-refractivity contribution in [1.82, 2.24) is 4.98 Å². The summed E-state index contributed by atoms with van der Waals surface area (Å²) in [4.78, 5) is 40.4. The first kappa shape index (κ1) is 14.9. The van der Waals surface area contributed by atoms with Crippen molar-refractivity contribution in [1.29, 1.82) is 0 Å². The van der Waals surface area contributed by atoms with E-state index in [0.29, 0.717) is 5.69 Å². The normalized spacial score (nSPS) is 17.0. The van der Waals surface area contributed by atoms with Crippen molar-refractivity contribution in [2.24, 2.45) is 16.8 Å². The Hall–Kier alpha value is -3.07. The van der Waals surface area contributed by atoms with Gasteiger partial charge in [-0.05, 0) is 12.1 Å². The third-order valence-electron chi connectivity index (χ3n) is 3.11. The van der Waals surface area contributed by atoms with Crippen LogP contribution in [0.1, 0.15) is 0 Å². The average Bonchev–Trinajstić information content (AvgIpc) is 3.15. The smallest absolute Gasteiger partial charge is 0.294 e. The fourth-order valence-corrected chi connectivity index (χ4v) is 2.57. The van der Waals surface area contributed by atoms with E-state index in [2.05, 4.69) is 15.4 Å². The number of anilines is 2. The van der Waals surface area contributed by atoms with Crippen LogP contribution in [0.5, 0.6) is 0 Å². The minimum atomic E-state index is -1.42. The van der Waals surface area contributed by atoms with E-state index in [1.165, 1.54) is 6.20 Å². The van der Waals surface area contributed by atoms with Crippen LogP contribution in [0, 0.1) is 5.92 Å². The number of nitrogens with two attached hydrogens (primary N) is 1. The van der Waals surface area contributed by atoms with E-state index in [-0.39, 0.29) is 11.0 Å². The van der Waals surface area contributed by atoms with Crippen LogP contribution < -0.4 is 16.1 Å². The standard InChI is InChI=1S/C14H11N5O3S/c15-11-9(10(20)12(21)17-14-16-6-7-23-14)13(22)19(18-11)8-4-2-1-3-5-8/h1-7,9H,(H2,15,18)(H,16,17,21)/t9-/m1/s1. The molecule has 1 aromatic carbocycles. The van der Waals surface area contributed by atoms with Gasteiger partial charge in [-0.15, -0.1) is 11.3 Å². The second kappa shape index (κ2) is 5.97. The van der Waals surface area contributed by atoms with Gasteiger partial charge in [-0.3, -0.25) is 19.7 Å². The first-order valence-corrected chi connectivity index (χ1v) is 7.43. The van der Waals surface area contributed by atoms with Gasteiger partial charge >= 0.3 is 0 Å². The van der Waals surface area contributed by atoms with Crippen LogP contribution in [-0.4, -0.2) is 28.4 Å². The maximum absolute atomic E-state index is 12.4. The molecule has 1 aliphatic rings. The van der Waals surface area contributed by atoms with Crippen LogP contribution in [0.15, 0.2) is 47.0 Å². The molecule has 2 amide bonds. The highest BCUT2D eigenvalue weighted by atomic mass is 32.1. The van der Waals surface area contributed by atoms with Crippen molar-refractivity contribution in [2.75, 3.05) is 10.3 Å². The lowest BCUT2D eigenvalue weighted by Gasteiger charge is -2.12. The number of Topliss-reactive ketones (excluding diaryl/α,β-unsaturated/α-hetero) is 1. The first-order valence-electron chi connectivity index (χ1n) is 6.55. The van der Waals surface area contributed by atoms with Crippen molar-refractivity contribution in [3.8, 4) is 0 Å². The van der Waals surface area contributed by atoms with Gasteiger partial charge in [0.1, 0.15) is 5.84 Å². The average molecular weight is 329 g/mol. The zero-order valence-electron chi connectivity index (χ0n) is 11.7. The number of nitrogens with zero attached hydrogens (tertiary/aromatic N) is 3. The number of rotatable bonds is 4. The fraction of sp³-hybridized carbons (Fsp3) is 0.0714. The van der Waals surface area contributed by atoms with Crippen molar-refractivity contribution in [3.63, 3.8) is 0 Å². The molecule has 116 valence electrons. The summed E-state index contributed by atoms with van der Waals surface area (Å²) < 4.78 is 0. The summed E-state index contributed by atoms with van der Waals surface area (Å²) in [6.07, 6.45) is 1.48. The Morgan fingerprint density at radius 3 is 2.65 bits per heavy atom. The van der Waals surface area contributed by atoms with Gasteiger partial charge in [-0.1, -0.05) is 18.2 Å². The molecule has 23 heavy (non-hydrogen) atoms. The van der Waals surface area contributed by atoms with Gasteiger partial charge in [0.15, 0.2) is 11.0 Å². The molecule has 1 aromatic heterocycles. The molecule has 2 heterocycles. The Balaban J connectivity index is 1.78. The molecule has 0 bridgehead atoms. The lowest BCUT2D eigenvalue weighted by Crippen LogP contribution is -2.41. The van der Waals surface area contributed by atoms with E-state index >= 15 is 0 Å². The number of hydrogen-bond donors (Lipinski definition) is 2. The molecular weight excluding hydrogens is 318 g/mol. The summed E-state index contributed by atoms with van der Waals surface area (Å²) in [6, 6.07) is 8.52. The summed E-state index contributed by atoms with van der Waals surface area (Å²) in [5.74, 6) is -4.21. The monoisotopic (exact) mass is 329 g/mol. The van der Waals surface area contributed by atoms with Gasteiger partial charge < -0.3 is 5.73 Å². The molecule has 0 saturated heterocycles. The second-order valence-electron chi connectivity index (χ2n) is 4.60. The molecule has 1 atom stereocenters. The first-order chi connectivity index (χ1) is 11.1. The molecule has 0 spiro atoms. The Labute approximate surface area is 134 Å². The zero-order chi connectivity index (χ0) is 16.4. The minimum absolute atomic E-state index is 0.210. The molecule has 0 unspecified atom stereocenters. The predicted octanol–water partition coefficient (Wildman–Crippen LogP) is 0.586. The van der Waals surface area contributed by atoms with Crippen LogP contribution in [0.4, 0.5) is 10.8 Å². The Morgan fingerprint density at radius 2 is 2.00 bits per heavy atom. The number of carbonyl (C=O) groups excluding carboxylic acids is 3. The molecule has 1 aliphatic heterocycles. The summed E-state index contributed by atoms with van der Waals surface area (Å²) in [7, 11) is 0. The third kappa shape index (κ3) is 2.81. The van der Waals surface area contributed by atoms with E-state index in [4.69, 9.17) is 5.73 Å². The predicted molar refractivity (Wildman–Crippen MR) is 84.8 cm³/mol. The molecule has 2 aromatic rings. The topological polar surface area (TPSA) is 118 Å². The number of amides is 2. The SMILES string of the molecule is NC1=NN(c2ccccc2)C(=O)[C@@H]1C(=O)C(=O)Nc1nccs1. The van der Waals surface area contributed by atoms with Crippen LogP contribution in [0.3, 0.4) is 0 Å². The molecule has 0 radical (unpaired) electrons. The van der Waals surface area contributed by atoms with Gasteiger partial charge in [0, 0.05) is 11.6 Å². The highest BCUT2D eigenvalue weighted by Crippen LogP contribution is 2.23. The van der Waals surface area contributed by atoms with E-state index in [1.807, 2.05) is 0 Å². The molecular formula is C14H11N5O3S. The highest BCUT2D eigenvalue weighted by Gasteiger charge is 2.43. The van der Waals surface area contributed by atoms with Gasteiger partial charge in [0.25, 0.3) is 11.8 Å². The summed E-state index contributed by atoms with van der Waals surface area (Å²) in [5, 5.41) is 9.15. The zero-order valence-corrected chi connectivity index (χ0v) is 12.5. The van der Waals surface area contributed by atoms with Gasteiger partial charge in [-0.25, -0.2) is 4.98 Å². The van der Waals surface area contributed by atoms with Crippen LogP contribution in [0.2, 0.25) is 0 Å². The highest BCUT2D eigenvalue weighted by molar-refractivity contribution is 7.13. The number of hydrazone groups is 1. The number of para-hydroxylation sites is 1. The molecule has 9 heteroatoms. The van der Waals surface area contributed by atoms with Gasteiger partial charge in [0.05, 0.1) is 5.69 Å². The molecule has 0 saturated carbocycles. The van der Waals surface area contributed by atoms with Crippen molar-refractivity contribution < 1.29 is 14.4 Å². The van der Waals surface area contributed by atoms with E-state index in [1.54, 1.807) is 35.7 Å². The van der Waals surface area contributed by atoms with E-state index in [9.17, 15) is 14.4 Å². The Bertz CT molecular complexity index is 788. The maximum atomic E-state index is 12.4. The number of amidine groups is 1. The van der Waals surface area contributed by atoms with Crippen LogP contribution in [-0.2, 0) is 14.4 Å². The minimum Gasteiger partial charge on any atom is -0.385 e. The number of ketones is 1. The Morgan fingerprint density at radius 1 is 1.26 bits per heavy atom. The van der Waals surface area contributed by atoms with Crippen LogP contribution in [0.25, 0.3) is 0 Å². The number of carbonyl (C=O) groups is 3. The van der Waals surface area contributed by atoms with Crippen molar-refractivity contribution >= 4 is 45.6 Å². The van der Waals surface area contributed by atoms with Gasteiger partial charge in [-0.2, -0.15) is 10.1 Å². The fourth-order valence-electron chi connectivity index (χ4n) is 2.05. The quantitative estimate of drug-likeness (QED) is 0.628. The van der Waals surface area contributed by atoms with E-state index < -0.39 is 23.5 Å². The molecule has 0 aliphatic carbocycles.